The van der Waals surface area contributed by atoms with Gasteiger partial charge in [0.15, 0.2) is 0 Å². The third kappa shape index (κ3) is 6.33. The maximum absolute atomic E-state index is 12.6. The van der Waals surface area contributed by atoms with Crippen LogP contribution in [0.1, 0.15) is 26.2 Å². The molecule has 0 rings (SSSR count). The van der Waals surface area contributed by atoms with Gasteiger partial charge >= 0.3 is 0 Å². The maximum atomic E-state index is 12.6. The van der Waals surface area contributed by atoms with Gasteiger partial charge in [-0.15, -0.1) is 0 Å². The van der Waals surface area contributed by atoms with Gasteiger partial charge in [-0.3, -0.25) is 4.39 Å². The first-order chi connectivity index (χ1) is 6.40. The van der Waals surface area contributed by atoms with Crippen molar-refractivity contribution in [1.29, 1.82) is 0 Å². The molecule has 2 nitrogen and oxygen atoms in total. The van der Waals surface area contributed by atoms with E-state index in [0.29, 0.717) is 11.0 Å². The molecule has 0 aromatic carbocycles. The average molecular weight is 206 g/mol. The minimum Gasteiger partial charge on any atom is -0.387 e. The molecule has 0 fully saturated rings. The van der Waals surface area contributed by atoms with Gasteiger partial charge in [0, 0.05) is 5.92 Å². The Bertz CT molecular complexity index is 145. The average Bonchev–Trinajstić information content (AvgIpc) is 2.02. The van der Waals surface area contributed by atoms with Crippen LogP contribution < -0.4 is 0 Å². The zero-order chi connectivity index (χ0) is 11.2. The Labute approximate surface area is 87.3 Å². The molecule has 0 aromatic heterocycles. The number of hydrogen-bond acceptors (Lipinski definition) is 1. The lowest BCUT2D eigenvalue weighted by Gasteiger charge is -2.29. The SMILES string of the molecule is CCCCC(CF)C(O)C[N+](C)(C)C. The Morgan fingerprint density at radius 3 is 2.21 bits per heavy atom. The lowest BCUT2D eigenvalue weighted by atomic mass is 9.96. The van der Waals surface area contributed by atoms with Crippen molar-refractivity contribution >= 4 is 0 Å². The van der Waals surface area contributed by atoms with Crippen molar-refractivity contribution in [2.45, 2.75) is 32.3 Å². The molecule has 0 aliphatic carbocycles. The molecule has 0 bridgehead atoms. The largest absolute Gasteiger partial charge is 0.387 e. The number of aliphatic hydroxyl groups excluding tert-OH is 1. The van der Waals surface area contributed by atoms with E-state index in [9.17, 15) is 9.50 Å². The predicted octanol–water partition coefficient (Wildman–Crippen LogP) is 1.83. The molecule has 0 spiro atoms. The summed E-state index contributed by atoms with van der Waals surface area (Å²) in [6, 6.07) is 0. The molecule has 0 aliphatic rings. The number of hydrogen-bond donors (Lipinski definition) is 1. The number of aliphatic hydroxyl groups is 1. The minimum atomic E-state index is -0.508. The van der Waals surface area contributed by atoms with Gasteiger partial charge in [0.25, 0.3) is 0 Å². The summed E-state index contributed by atoms with van der Waals surface area (Å²) >= 11 is 0. The molecule has 0 aromatic rings. The van der Waals surface area contributed by atoms with Gasteiger partial charge in [-0.05, 0) is 6.42 Å². The van der Waals surface area contributed by atoms with Crippen LogP contribution in [0, 0.1) is 5.92 Å². The van der Waals surface area contributed by atoms with Crippen molar-refractivity contribution in [2.24, 2.45) is 5.92 Å². The van der Waals surface area contributed by atoms with E-state index in [0.717, 1.165) is 19.3 Å². The number of quaternary nitrogens is 1. The highest BCUT2D eigenvalue weighted by atomic mass is 19.1. The third-order valence-corrected chi connectivity index (χ3v) is 2.41. The maximum Gasteiger partial charge on any atom is 0.108 e. The van der Waals surface area contributed by atoms with Crippen molar-refractivity contribution in [2.75, 3.05) is 34.4 Å². The number of nitrogens with zero attached hydrogens (tertiary/aromatic N) is 1. The van der Waals surface area contributed by atoms with E-state index >= 15 is 0 Å². The topological polar surface area (TPSA) is 20.2 Å². The summed E-state index contributed by atoms with van der Waals surface area (Å²) in [6.07, 6.45) is 2.36. The van der Waals surface area contributed by atoms with Crippen LogP contribution in [0.15, 0.2) is 0 Å². The highest BCUT2D eigenvalue weighted by molar-refractivity contribution is 4.67. The van der Waals surface area contributed by atoms with Crippen molar-refractivity contribution in [3.63, 3.8) is 0 Å². The summed E-state index contributed by atoms with van der Waals surface area (Å²) in [4.78, 5) is 0. The smallest absolute Gasteiger partial charge is 0.108 e. The Hall–Kier alpha value is -0.150. The molecular formula is C11H25FNO+. The van der Waals surface area contributed by atoms with Crippen LogP contribution in [0.25, 0.3) is 0 Å². The van der Waals surface area contributed by atoms with Gasteiger partial charge in [-0.1, -0.05) is 19.8 Å². The van der Waals surface area contributed by atoms with E-state index in [2.05, 4.69) is 6.92 Å². The molecule has 0 radical (unpaired) electrons. The third-order valence-electron chi connectivity index (χ3n) is 2.41. The summed E-state index contributed by atoms with van der Waals surface area (Å²) in [5, 5.41) is 9.82. The Balaban J connectivity index is 3.97. The number of rotatable bonds is 7. The number of halogens is 1. The minimum absolute atomic E-state index is 0.174. The van der Waals surface area contributed by atoms with Crippen LogP contribution in [0.2, 0.25) is 0 Å². The summed E-state index contributed by atoms with van der Waals surface area (Å²) in [6.45, 7) is 2.31. The Kier molecular flexibility index (Phi) is 6.29. The van der Waals surface area contributed by atoms with Gasteiger partial charge in [-0.2, -0.15) is 0 Å². The lowest BCUT2D eigenvalue weighted by Crippen LogP contribution is -2.44. The normalized spacial score (nSPS) is 16.7. The van der Waals surface area contributed by atoms with Gasteiger partial charge in [0.05, 0.1) is 27.8 Å². The standard InChI is InChI=1S/C11H25FNO/c1-5-6-7-10(8-12)11(14)9-13(2,3)4/h10-11,14H,5-9H2,1-4H3/q+1. The van der Waals surface area contributed by atoms with Gasteiger partial charge in [0.2, 0.25) is 0 Å². The molecule has 0 saturated heterocycles. The fourth-order valence-corrected chi connectivity index (χ4v) is 1.55. The zero-order valence-electron chi connectivity index (χ0n) is 9.96. The number of unbranched alkanes of at least 4 members (excludes halogenated alkanes) is 1. The fourth-order valence-electron chi connectivity index (χ4n) is 1.55. The number of alkyl halides is 1. The second kappa shape index (κ2) is 6.36. The second-order valence-corrected chi connectivity index (χ2v) is 5.10. The van der Waals surface area contributed by atoms with Crippen LogP contribution in [-0.4, -0.2) is 50.1 Å². The van der Waals surface area contributed by atoms with E-state index in [4.69, 9.17) is 0 Å². The van der Waals surface area contributed by atoms with E-state index in [1.54, 1.807) is 0 Å². The first kappa shape index (κ1) is 13.8. The quantitative estimate of drug-likeness (QED) is 0.630. The molecule has 1 N–H and O–H groups in total. The molecule has 2 unspecified atom stereocenters. The van der Waals surface area contributed by atoms with Gasteiger partial charge in [0.1, 0.15) is 12.6 Å². The zero-order valence-corrected chi connectivity index (χ0v) is 9.96. The molecule has 0 amide bonds. The first-order valence-electron chi connectivity index (χ1n) is 5.45. The molecule has 0 aliphatic heterocycles. The van der Waals surface area contributed by atoms with Crippen molar-refractivity contribution in [3.05, 3.63) is 0 Å². The second-order valence-electron chi connectivity index (χ2n) is 5.10. The molecule has 14 heavy (non-hydrogen) atoms. The van der Waals surface area contributed by atoms with Crippen molar-refractivity contribution < 1.29 is 14.0 Å². The molecule has 86 valence electrons. The monoisotopic (exact) mass is 206 g/mol. The Morgan fingerprint density at radius 2 is 1.86 bits per heavy atom. The van der Waals surface area contributed by atoms with Gasteiger partial charge in [-0.25, -0.2) is 0 Å². The van der Waals surface area contributed by atoms with E-state index in [1.807, 2.05) is 21.1 Å². The van der Waals surface area contributed by atoms with E-state index in [-0.39, 0.29) is 5.92 Å². The fraction of sp³-hybridized carbons (Fsp3) is 1.00. The van der Waals surface area contributed by atoms with Crippen LogP contribution in [0.3, 0.4) is 0 Å². The number of likely N-dealkylation sites (N-methyl/N-ethyl adjacent to an activating group) is 1. The molecule has 3 heteroatoms. The van der Waals surface area contributed by atoms with E-state index in [1.165, 1.54) is 0 Å². The molecule has 0 saturated carbocycles. The van der Waals surface area contributed by atoms with Crippen molar-refractivity contribution in [3.8, 4) is 0 Å². The highest BCUT2D eigenvalue weighted by Crippen LogP contribution is 2.15. The van der Waals surface area contributed by atoms with Crippen LogP contribution in [0.5, 0.6) is 0 Å². The summed E-state index contributed by atoms with van der Waals surface area (Å²) in [7, 11) is 6.04. The van der Waals surface area contributed by atoms with Crippen molar-refractivity contribution in [1.82, 2.24) is 0 Å². The summed E-state index contributed by atoms with van der Waals surface area (Å²) in [5.74, 6) is -0.174. The molecular weight excluding hydrogens is 181 g/mol. The van der Waals surface area contributed by atoms with Crippen LogP contribution >= 0.6 is 0 Å². The predicted molar refractivity (Wildman–Crippen MR) is 57.9 cm³/mol. The molecule has 2 atom stereocenters. The lowest BCUT2D eigenvalue weighted by molar-refractivity contribution is -0.874. The van der Waals surface area contributed by atoms with Gasteiger partial charge < -0.3 is 9.59 Å². The highest BCUT2D eigenvalue weighted by Gasteiger charge is 2.24. The van der Waals surface area contributed by atoms with Crippen LogP contribution in [0.4, 0.5) is 4.39 Å². The van der Waals surface area contributed by atoms with Crippen LogP contribution in [-0.2, 0) is 0 Å². The van der Waals surface area contributed by atoms with E-state index < -0.39 is 12.8 Å². The Morgan fingerprint density at radius 1 is 1.29 bits per heavy atom. The summed E-state index contributed by atoms with van der Waals surface area (Å²) in [5.41, 5.74) is 0. The molecule has 0 heterocycles. The first-order valence-corrected chi connectivity index (χ1v) is 5.45. The summed E-state index contributed by atoms with van der Waals surface area (Å²) < 4.78 is 13.3.